The fourth-order valence-corrected chi connectivity index (χ4v) is 3.10. The molecule has 0 saturated carbocycles. The van der Waals surface area contributed by atoms with Gasteiger partial charge in [-0.05, 0) is 29.3 Å². The first kappa shape index (κ1) is 18.4. The van der Waals surface area contributed by atoms with Crippen molar-refractivity contribution in [2.24, 2.45) is 10.7 Å². The summed E-state index contributed by atoms with van der Waals surface area (Å²) in [6.07, 6.45) is 0.440. The van der Waals surface area contributed by atoms with E-state index in [0.29, 0.717) is 31.0 Å². The van der Waals surface area contributed by atoms with Gasteiger partial charge in [0.1, 0.15) is 0 Å². The van der Waals surface area contributed by atoms with Gasteiger partial charge in [0.25, 0.3) is 0 Å². The van der Waals surface area contributed by atoms with E-state index in [-0.39, 0.29) is 11.8 Å². The molecular weight excluding hydrogens is 342 g/mol. The first-order valence-corrected chi connectivity index (χ1v) is 8.79. The largest absolute Gasteiger partial charge is 0.366 e. The number of guanidine groups is 1. The number of rotatable bonds is 5. The molecule has 7 heteroatoms. The fraction of sp³-hybridized carbons (Fsp3) is 0.250. The summed E-state index contributed by atoms with van der Waals surface area (Å²) < 4.78 is 0. The van der Waals surface area contributed by atoms with Crippen LogP contribution in [0.25, 0.3) is 0 Å². The second-order valence-corrected chi connectivity index (χ2v) is 6.40. The molecule has 1 atom stereocenters. The molecule has 0 bridgehead atoms. The number of hydrogen-bond acceptors (Lipinski definition) is 3. The van der Waals surface area contributed by atoms with E-state index in [1.165, 1.54) is 0 Å². The zero-order chi connectivity index (χ0) is 19.2. The molecule has 1 heterocycles. The third-order valence-corrected chi connectivity index (χ3v) is 4.54. The number of benzene rings is 2. The lowest BCUT2D eigenvalue weighted by Crippen LogP contribution is -2.40. The van der Waals surface area contributed by atoms with Crippen molar-refractivity contribution >= 4 is 23.5 Å². The van der Waals surface area contributed by atoms with Gasteiger partial charge in [-0.25, -0.2) is 0 Å². The summed E-state index contributed by atoms with van der Waals surface area (Å²) in [6, 6.07) is 15.0. The molecule has 0 aliphatic carbocycles. The van der Waals surface area contributed by atoms with E-state index < -0.39 is 5.91 Å². The predicted octanol–water partition coefficient (Wildman–Crippen LogP) is 1.58. The Balaban J connectivity index is 1.57. The van der Waals surface area contributed by atoms with Crippen molar-refractivity contribution in [3.05, 3.63) is 65.2 Å². The number of fused-ring (bicyclic) bond motifs is 1. The van der Waals surface area contributed by atoms with E-state index in [2.05, 4.69) is 20.9 Å². The summed E-state index contributed by atoms with van der Waals surface area (Å²) in [7, 11) is 1.70. The van der Waals surface area contributed by atoms with Crippen LogP contribution >= 0.6 is 0 Å². The number of anilines is 1. The van der Waals surface area contributed by atoms with Crippen LogP contribution in [-0.2, 0) is 11.3 Å². The van der Waals surface area contributed by atoms with Crippen LogP contribution in [0.3, 0.4) is 0 Å². The van der Waals surface area contributed by atoms with Crippen LogP contribution in [0.4, 0.5) is 5.69 Å². The molecule has 1 aliphatic heterocycles. The van der Waals surface area contributed by atoms with Crippen LogP contribution in [0.15, 0.2) is 53.5 Å². The number of hydrogen-bond donors (Lipinski definition) is 4. The number of carbonyl (C=O) groups excluding carboxylic acids is 2. The van der Waals surface area contributed by atoms with Crippen LogP contribution < -0.4 is 21.7 Å². The molecule has 0 fully saturated rings. The maximum Gasteiger partial charge on any atom is 0.248 e. The third-order valence-electron chi connectivity index (χ3n) is 4.54. The molecule has 0 saturated heterocycles. The van der Waals surface area contributed by atoms with Crippen molar-refractivity contribution in [1.29, 1.82) is 0 Å². The maximum atomic E-state index is 11.9. The number of nitrogens with zero attached hydrogens (tertiary/aromatic N) is 1. The van der Waals surface area contributed by atoms with Crippen molar-refractivity contribution in [3.8, 4) is 0 Å². The Morgan fingerprint density at radius 3 is 2.63 bits per heavy atom. The number of aliphatic imine (C=N–C) groups is 1. The number of amides is 2. The number of nitrogens with one attached hydrogen (secondary N) is 3. The molecule has 2 aromatic rings. The van der Waals surface area contributed by atoms with Crippen molar-refractivity contribution in [1.82, 2.24) is 10.6 Å². The van der Waals surface area contributed by atoms with Gasteiger partial charge in [-0.3, -0.25) is 14.6 Å². The Labute approximate surface area is 158 Å². The molecule has 1 unspecified atom stereocenters. The summed E-state index contributed by atoms with van der Waals surface area (Å²) in [5.74, 6) is 0.322. The minimum absolute atomic E-state index is 0.0259. The van der Waals surface area contributed by atoms with Crippen LogP contribution in [-0.4, -0.2) is 31.4 Å². The Morgan fingerprint density at radius 1 is 1.19 bits per heavy atom. The van der Waals surface area contributed by atoms with Crippen molar-refractivity contribution in [2.45, 2.75) is 18.9 Å². The third kappa shape index (κ3) is 4.63. The van der Waals surface area contributed by atoms with E-state index in [0.717, 1.165) is 16.8 Å². The smallest absolute Gasteiger partial charge is 0.248 e. The van der Waals surface area contributed by atoms with Crippen LogP contribution in [0.5, 0.6) is 0 Å². The van der Waals surface area contributed by atoms with Gasteiger partial charge in [0, 0.05) is 43.7 Å². The topological polar surface area (TPSA) is 109 Å². The highest BCUT2D eigenvalue weighted by molar-refractivity contribution is 5.95. The van der Waals surface area contributed by atoms with Gasteiger partial charge in [-0.2, -0.15) is 0 Å². The van der Waals surface area contributed by atoms with Crippen molar-refractivity contribution in [3.63, 3.8) is 0 Å². The second kappa shape index (κ2) is 8.35. The Kier molecular flexibility index (Phi) is 5.71. The first-order valence-electron chi connectivity index (χ1n) is 8.79. The molecule has 7 nitrogen and oxygen atoms in total. The summed E-state index contributed by atoms with van der Waals surface area (Å²) in [5, 5.41) is 9.42. The zero-order valence-electron chi connectivity index (χ0n) is 15.2. The predicted molar refractivity (Wildman–Crippen MR) is 106 cm³/mol. The highest BCUT2D eigenvalue weighted by Crippen LogP contribution is 2.31. The summed E-state index contributed by atoms with van der Waals surface area (Å²) in [5.41, 5.74) is 8.74. The monoisotopic (exact) mass is 365 g/mol. The number of carbonyl (C=O) groups is 2. The summed E-state index contributed by atoms with van der Waals surface area (Å²) in [6.45, 7) is 1.16. The average molecular weight is 365 g/mol. The van der Waals surface area contributed by atoms with Gasteiger partial charge in [0.2, 0.25) is 11.8 Å². The fourth-order valence-electron chi connectivity index (χ4n) is 3.10. The van der Waals surface area contributed by atoms with Crippen molar-refractivity contribution in [2.75, 3.05) is 18.9 Å². The van der Waals surface area contributed by atoms with Crippen LogP contribution in [0.1, 0.15) is 33.8 Å². The molecule has 0 radical (unpaired) electrons. The highest BCUT2D eigenvalue weighted by Gasteiger charge is 2.24. The lowest BCUT2D eigenvalue weighted by atomic mass is 9.90. The lowest BCUT2D eigenvalue weighted by molar-refractivity contribution is -0.116. The molecule has 3 rings (SSSR count). The number of primary amides is 1. The van der Waals surface area contributed by atoms with E-state index in [9.17, 15) is 9.59 Å². The minimum Gasteiger partial charge on any atom is -0.366 e. The molecule has 0 aromatic heterocycles. The molecule has 1 aliphatic rings. The van der Waals surface area contributed by atoms with Gasteiger partial charge in [0.05, 0.1) is 0 Å². The van der Waals surface area contributed by atoms with Gasteiger partial charge in [-0.15, -0.1) is 0 Å². The molecular formula is C20H23N5O2. The zero-order valence-corrected chi connectivity index (χ0v) is 15.2. The number of nitrogens with two attached hydrogens (primary N) is 1. The average Bonchev–Trinajstić information content (AvgIpc) is 2.68. The normalized spacial score (nSPS) is 16.3. The van der Waals surface area contributed by atoms with Crippen LogP contribution in [0, 0.1) is 0 Å². The van der Waals surface area contributed by atoms with Crippen molar-refractivity contribution < 1.29 is 9.59 Å². The van der Waals surface area contributed by atoms with Gasteiger partial charge in [-0.1, -0.05) is 30.3 Å². The SMILES string of the molecule is CN=C(NCc1ccc(C(N)=O)cc1)NCC1CC(=O)Nc2ccccc21. The molecule has 2 amide bonds. The highest BCUT2D eigenvalue weighted by atomic mass is 16.2. The van der Waals surface area contributed by atoms with E-state index in [1.54, 1.807) is 19.2 Å². The minimum atomic E-state index is -0.441. The van der Waals surface area contributed by atoms with Gasteiger partial charge >= 0.3 is 0 Å². The first-order chi connectivity index (χ1) is 13.1. The number of para-hydroxylation sites is 1. The molecule has 5 N–H and O–H groups in total. The summed E-state index contributed by atoms with van der Waals surface area (Å²) >= 11 is 0. The van der Waals surface area contributed by atoms with E-state index in [4.69, 9.17) is 5.73 Å². The van der Waals surface area contributed by atoms with Crippen LogP contribution in [0.2, 0.25) is 0 Å². The molecule has 140 valence electrons. The Morgan fingerprint density at radius 2 is 1.93 bits per heavy atom. The van der Waals surface area contributed by atoms with Gasteiger partial charge < -0.3 is 21.7 Å². The van der Waals surface area contributed by atoms with E-state index in [1.807, 2.05) is 36.4 Å². The Bertz CT molecular complexity index is 861. The second-order valence-electron chi connectivity index (χ2n) is 6.40. The van der Waals surface area contributed by atoms with Gasteiger partial charge in [0.15, 0.2) is 5.96 Å². The Hall–Kier alpha value is -3.35. The van der Waals surface area contributed by atoms with E-state index >= 15 is 0 Å². The molecule has 0 spiro atoms. The lowest BCUT2D eigenvalue weighted by Gasteiger charge is -2.26. The summed E-state index contributed by atoms with van der Waals surface area (Å²) in [4.78, 5) is 27.3. The maximum absolute atomic E-state index is 11.9. The molecule has 2 aromatic carbocycles. The quantitative estimate of drug-likeness (QED) is 0.476. The standard InChI is InChI=1S/C20H23N5O2/c1-22-20(23-11-13-6-8-14(9-7-13)19(21)27)24-12-15-10-18(26)25-17-5-3-2-4-16(15)17/h2-9,15H,10-12H2,1H3,(H2,21,27)(H,25,26)(H2,22,23,24). The molecule has 27 heavy (non-hydrogen) atoms.